The summed E-state index contributed by atoms with van der Waals surface area (Å²) >= 11 is 0. The summed E-state index contributed by atoms with van der Waals surface area (Å²) in [6.07, 6.45) is 3.69. The Morgan fingerprint density at radius 2 is 1.79 bits per heavy atom. The lowest BCUT2D eigenvalue weighted by Gasteiger charge is -2.18. The van der Waals surface area contributed by atoms with E-state index >= 15 is 0 Å². The van der Waals surface area contributed by atoms with E-state index in [9.17, 15) is 4.79 Å². The molecular weight excluding hydrogens is 296 g/mol. The number of rotatable bonds is 5. The van der Waals surface area contributed by atoms with Crippen LogP contribution >= 0.6 is 0 Å². The molecule has 1 aromatic heterocycles. The van der Waals surface area contributed by atoms with Crippen molar-refractivity contribution in [3.63, 3.8) is 0 Å². The second-order valence-corrected chi connectivity index (χ2v) is 6.22. The Kier molecular flexibility index (Phi) is 4.80. The molecule has 3 heteroatoms. The molecule has 1 amide bonds. The van der Waals surface area contributed by atoms with Crippen molar-refractivity contribution in [3.05, 3.63) is 83.6 Å². The number of allylic oxidation sites excluding steroid dienone is 1. The lowest BCUT2D eigenvalue weighted by molar-refractivity contribution is -0.116. The molecule has 1 heterocycles. The molecule has 0 aliphatic rings. The van der Waals surface area contributed by atoms with Crippen LogP contribution in [-0.4, -0.2) is 17.4 Å². The fraction of sp³-hybridized carbons (Fsp3) is 0.190. The zero-order chi connectivity index (χ0) is 16.9. The third-order valence-electron chi connectivity index (χ3n) is 4.10. The predicted molar refractivity (Wildman–Crippen MR) is 99.0 cm³/mol. The molecule has 2 N–H and O–H groups in total. The third kappa shape index (κ3) is 3.57. The van der Waals surface area contributed by atoms with Crippen LogP contribution in [0.5, 0.6) is 0 Å². The molecule has 1 unspecified atom stereocenters. The van der Waals surface area contributed by atoms with Gasteiger partial charge in [-0.15, -0.1) is 0 Å². The van der Waals surface area contributed by atoms with Gasteiger partial charge in [-0.05, 0) is 31.0 Å². The number of para-hydroxylation sites is 1. The largest absolute Gasteiger partial charge is 0.361 e. The topological polar surface area (TPSA) is 44.9 Å². The Morgan fingerprint density at radius 3 is 2.54 bits per heavy atom. The first-order valence-electron chi connectivity index (χ1n) is 8.19. The minimum atomic E-state index is -0.0456. The molecule has 24 heavy (non-hydrogen) atoms. The summed E-state index contributed by atoms with van der Waals surface area (Å²) in [7, 11) is 0. The van der Waals surface area contributed by atoms with Crippen molar-refractivity contribution in [2.24, 2.45) is 0 Å². The van der Waals surface area contributed by atoms with Crippen LogP contribution in [-0.2, 0) is 4.79 Å². The van der Waals surface area contributed by atoms with Crippen LogP contribution in [0.25, 0.3) is 10.9 Å². The third-order valence-corrected chi connectivity index (χ3v) is 4.10. The van der Waals surface area contributed by atoms with Gasteiger partial charge in [-0.2, -0.15) is 0 Å². The zero-order valence-electron chi connectivity index (χ0n) is 14.0. The molecule has 3 rings (SSSR count). The minimum Gasteiger partial charge on any atom is -0.361 e. The average Bonchev–Trinajstić information content (AvgIpc) is 3.00. The smallest absolute Gasteiger partial charge is 0.243 e. The van der Waals surface area contributed by atoms with Crippen LogP contribution < -0.4 is 5.32 Å². The van der Waals surface area contributed by atoms with Gasteiger partial charge in [-0.25, -0.2) is 0 Å². The SMILES string of the molecule is CC(C)=CC(=O)NCC(c1ccccc1)c1c[nH]c2ccccc12. The monoisotopic (exact) mass is 318 g/mol. The van der Waals surface area contributed by atoms with Crippen molar-refractivity contribution in [2.45, 2.75) is 19.8 Å². The molecular formula is C21H22N2O. The van der Waals surface area contributed by atoms with Crippen LogP contribution in [0.2, 0.25) is 0 Å². The van der Waals surface area contributed by atoms with Gasteiger partial charge in [0, 0.05) is 35.6 Å². The van der Waals surface area contributed by atoms with Gasteiger partial charge in [-0.3, -0.25) is 4.79 Å². The van der Waals surface area contributed by atoms with E-state index < -0.39 is 0 Å². The summed E-state index contributed by atoms with van der Waals surface area (Å²) in [4.78, 5) is 15.4. The van der Waals surface area contributed by atoms with Crippen LogP contribution in [0.4, 0.5) is 0 Å². The molecule has 0 saturated carbocycles. The van der Waals surface area contributed by atoms with Crippen LogP contribution in [0, 0.1) is 0 Å². The van der Waals surface area contributed by atoms with Gasteiger partial charge in [0.15, 0.2) is 0 Å². The predicted octanol–water partition coefficient (Wildman–Crippen LogP) is 4.38. The Balaban J connectivity index is 1.94. The number of carbonyl (C=O) groups excluding carboxylic acids is 1. The van der Waals surface area contributed by atoms with Crippen molar-refractivity contribution in [3.8, 4) is 0 Å². The van der Waals surface area contributed by atoms with Gasteiger partial charge in [-0.1, -0.05) is 54.1 Å². The molecule has 0 spiro atoms. The van der Waals surface area contributed by atoms with Crippen molar-refractivity contribution in [2.75, 3.05) is 6.54 Å². The summed E-state index contributed by atoms with van der Waals surface area (Å²) in [6.45, 7) is 4.41. The lowest BCUT2D eigenvalue weighted by Crippen LogP contribution is -2.27. The summed E-state index contributed by atoms with van der Waals surface area (Å²) in [6, 6.07) is 18.6. The summed E-state index contributed by atoms with van der Waals surface area (Å²) in [5.74, 6) is 0.0626. The molecule has 0 fully saturated rings. The number of fused-ring (bicyclic) bond motifs is 1. The number of carbonyl (C=O) groups is 1. The highest BCUT2D eigenvalue weighted by molar-refractivity contribution is 5.88. The van der Waals surface area contributed by atoms with Gasteiger partial charge >= 0.3 is 0 Å². The summed E-state index contributed by atoms with van der Waals surface area (Å²) in [5, 5.41) is 4.23. The maximum Gasteiger partial charge on any atom is 0.243 e. The summed E-state index contributed by atoms with van der Waals surface area (Å²) < 4.78 is 0. The van der Waals surface area contributed by atoms with Crippen molar-refractivity contribution < 1.29 is 4.79 Å². The number of nitrogens with one attached hydrogen (secondary N) is 2. The van der Waals surface area contributed by atoms with E-state index in [1.54, 1.807) is 6.08 Å². The second kappa shape index (κ2) is 7.18. The van der Waals surface area contributed by atoms with E-state index in [2.05, 4.69) is 40.8 Å². The van der Waals surface area contributed by atoms with Gasteiger partial charge < -0.3 is 10.3 Å². The second-order valence-electron chi connectivity index (χ2n) is 6.22. The average molecular weight is 318 g/mol. The number of aromatic nitrogens is 1. The molecule has 0 bridgehead atoms. The zero-order valence-corrected chi connectivity index (χ0v) is 14.0. The van der Waals surface area contributed by atoms with Gasteiger partial charge in [0.25, 0.3) is 0 Å². The Morgan fingerprint density at radius 1 is 1.08 bits per heavy atom. The minimum absolute atomic E-state index is 0.0456. The van der Waals surface area contributed by atoms with Gasteiger partial charge in [0.2, 0.25) is 5.91 Å². The first-order valence-corrected chi connectivity index (χ1v) is 8.19. The molecule has 0 aliphatic carbocycles. The standard InChI is InChI=1S/C21H22N2O/c1-15(2)12-21(24)23-13-18(16-8-4-3-5-9-16)19-14-22-20-11-7-6-10-17(19)20/h3-12,14,18,22H,13H2,1-2H3,(H,23,24). The molecule has 0 saturated heterocycles. The number of aromatic amines is 1. The maximum absolute atomic E-state index is 12.0. The highest BCUT2D eigenvalue weighted by atomic mass is 16.1. The van der Waals surface area contributed by atoms with E-state index in [0.717, 1.165) is 11.1 Å². The first-order chi connectivity index (χ1) is 11.6. The Labute approximate surface area is 142 Å². The summed E-state index contributed by atoms with van der Waals surface area (Å²) in [5.41, 5.74) is 4.51. The highest BCUT2D eigenvalue weighted by Gasteiger charge is 2.18. The number of hydrogen-bond acceptors (Lipinski definition) is 1. The van der Waals surface area contributed by atoms with E-state index in [1.165, 1.54) is 16.5 Å². The van der Waals surface area contributed by atoms with Crippen molar-refractivity contribution in [1.29, 1.82) is 0 Å². The van der Waals surface area contributed by atoms with E-state index in [-0.39, 0.29) is 11.8 Å². The number of benzene rings is 2. The van der Waals surface area contributed by atoms with E-state index in [4.69, 9.17) is 0 Å². The van der Waals surface area contributed by atoms with Crippen LogP contribution in [0.15, 0.2) is 72.4 Å². The quantitative estimate of drug-likeness (QED) is 0.674. The molecule has 1 atom stereocenters. The number of amides is 1. The van der Waals surface area contributed by atoms with Crippen molar-refractivity contribution in [1.82, 2.24) is 10.3 Å². The van der Waals surface area contributed by atoms with Crippen LogP contribution in [0.1, 0.15) is 30.9 Å². The van der Waals surface area contributed by atoms with Gasteiger partial charge in [0.05, 0.1) is 0 Å². The maximum atomic E-state index is 12.0. The number of hydrogen-bond donors (Lipinski definition) is 2. The molecule has 0 radical (unpaired) electrons. The van der Waals surface area contributed by atoms with E-state index in [0.29, 0.717) is 6.54 Å². The molecule has 122 valence electrons. The first kappa shape index (κ1) is 16.1. The Bertz CT molecular complexity index is 858. The van der Waals surface area contributed by atoms with Gasteiger partial charge in [0.1, 0.15) is 0 Å². The Hall–Kier alpha value is -2.81. The fourth-order valence-corrected chi connectivity index (χ4v) is 2.99. The van der Waals surface area contributed by atoms with Crippen molar-refractivity contribution >= 4 is 16.8 Å². The van der Waals surface area contributed by atoms with Crippen LogP contribution in [0.3, 0.4) is 0 Å². The van der Waals surface area contributed by atoms with E-state index in [1.807, 2.05) is 44.2 Å². The molecule has 3 aromatic rings. The number of H-pyrrole nitrogens is 1. The normalized spacial score (nSPS) is 11.9. The lowest BCUT2D eigenvalue weighted by atomic mass is 9.91. The molecule has 0 aliphatic heterocycles. The highest BCUT2D eigenvalue weighted by Crippen LogP contribution is 2.30. The molecule has 3 nitrogen and oxygen atoms in total. The molecule has 2 aromatic carbocycles. The fourth-order valence-electron chi connectivity index (χ4n) is 2.99.